The van der Waals surface area contributed by atoms with E-state index in [1.807, 2.05) is 0 Å². The minimum absolute atomic E-state index is 0.104. The van der Waals surface area contributed by atoms with E-state index in [4.69, 9.17) is 5.73 Å². The molecule has 4 heteroatoms. The van der Waals surface area contributed by atoms with Crippen LogP contribution in [0.4, 0.5) is 4.39 Å². The first-order valence-corrected chi connectivity index (χ1v) is 7.17. The minimum Gasteiger partial charge on any atom is -0.323 e. The van der Waals surface area contributed by atoms with Crippen molar-refractivity contribution in [3.63, 3.8) is 0 Å². The Hall–Kier alpha value is -1.00. The molecule has 3 atom stereocenters. The van der Waals surface area contributed by atoms with Gasteiger partial charge in [0, 0.05) is 18.6 Å². The van der Waals surface area contributed by atoms with E-state index in [2.05, 4.69) is 23.7 Å². The maximum absolute atomic E-state index is 12.8. The van der Waals surface area contributed by atoms with Crippen molar-refractivity contribution in [2.75, 3.05) is 13.1 Å². The third kappa shape index (κ3) is 3.98. The summed E-state index contributed by atoms with van der Waals surface area (Å²) in [5, 5.41) is 0. The maximum Gasteiger partial charge on any atom is 0.141 e. The van der Waals surface area contributed by atoms with E-state index in [-0.39, 0.29) is 11.9 Å². The summed E-state index contributed by atoms with van der Waals surface area (Å²) in [6.07, 6.45) is 4.65. The lowest BCUT2D eigenvalue weighted by Gasteiger charge is -2.36. The predicted molar refractivity (Wildman–Crippen MR) is 75.2 cm³/mol. The fourth-order valence-corrected chi connectivity index (χ4v) is 2.85. The molecule has 0 aromatic carbocycles. The van der Waals surface area contributed by atoms with Crippen molar-refractivity contribution in [1.29, 1.82) is 0 Å². The van der Waals surface area contributed by atoms with Gasteiger partial charge in [0.1, 0.15) is 5.82 Å². The molecular formula is C15H24FN3. The molecule has 19 heavy (non-hydrogen) atoms. The Kier molecular flexibility index (Phi) is 4.88. The Morgan fingerprint density at radius 1 is 1.47 bits per heavy atom. The van der Waals surface area contributed by atoms with Crippen molar-refractivity contribution in [2.24, 2.45) is 11.7 Å². The number of hydrogen-bond donors (Lipinski definition) is 1. The summed E-state index contributed by atoms with van der Waals surface area (Å²) in [5.41, 5.74) is 6.90. The third-order valence-electron chi connectivity index (χ3n) is 4.13. The first-order chi connectivity index (χ1) is 9.06. The lowest BCUT2D eigenvalue weighted by molar-refractivity contribution is 0.125. The molecule has 3 nitrogen and oxygen atoms in total. The monoisotopic (exact) mass is 265 g/mol. The predicted octanol–water partition coefficient (Wildman–Crippen LogP) is 2.73. The van der Waals surface area contributed by atoms with E-state index in [0.29, 0.717) is 6.04 Å². The number of rotatable bonds is 4. The Morgan fingerprint density at radius 3 is 2.89 bits per heavy atom. The maximum atomic E-state index is 12.8. The van der Waals surface area contributed by atoms with Crippen LogP contribution in [-0.2, 0) is 0 Å². The van der Waals surface area contributed by atoms with Crippen LogP contribution in [0.25, 0.3) is 0 Å². The number of pyridine rings is 1. The van der Waals surface area contributed by atoms with Crippen molar-refractivity contribution in [3.05, 3.63) is 29.8 Å². The molecule has 1 fully saturated rings. The van der Waals surface area contributed by atoms with Crippen LogP contribution in [0.3, 0.4) is 0 Å². The molecule has 1 aliphatic rings. The summed E-state index contributed by atoms with van der Waals surface area (Å²) in [4.78, 5) is 6.56. The molecule has 2 N–H and O–H groups in total. The quantitative estimate of drug-likeness (QED) is 0.910. The molecule has 1 aliphatic heterocycles. The molecule has 0 radical (unpaired) electrons. The van der Waals surface area contributed by atoms with Gasteiger partial charge in [0.05, 0.1) is 11.9 Å². The van der Waals surface area contributed by atoms with Crippen molar-refractivity contribution >= 4 is 0 Å². The van der Waals surface area contributed by atoms with E-state index in [9.17, 15) is 4.39 Å². The average Bonchev–Trinajstić information content (AvgIpc) is 2.38. The van der Waals surface area contributed by atoms with Crippen molar-refractivity contribution < 1.29 is 4.39 Å². The highest BCUT2D eigenvalue weighted by atomic mass is 19.1. The number of aromatic nitrogens is 1. The van der Waals surface area contributed by atoms with Crippen molar-refractivity contribution in [3.8, 4) is 0 Å². The van der Waals surface area contributed by atoms with Crippen LogP contribution in [0.2, 0.25) is 0 Å². The van der Waals surface area contributed by atoms with Gasteiger partial charge in [-0.25, -0.2) is 4.39 Å². The number of nitrogens with zero attached hydrogens (tertiary/aromatic N) is 2. The van der Waals surface area contributed by atoms with Gasteiger partial charge in [0.2, 0.25) is 0 Å². The van der Waals surface area contributed by atoms with E-state index < -0.39 is 0 Å². The van der Waals surface area contributed by atoms with Crippen LogP contribution in [0.1, 0.15) is 44.8 Å². The molecule has 0 aliphatic carbocycles. The zero-order valence-corrected chi connectivity index (χ0v) is 11.8. The van der Waals surface area contributed by atoms with Crippen LogP contribution in [0.5, 0.6) is 0 Å². The topological polar surface area (TPSA) is 42.1 Å². The molecule has 3 unspecified atom stereocenters. The summed E-state index contributed by atoms with van der Waals surface area (Å²) in [6.45, 7) is 6.76. The van der Waals surface area contributed by atoms with Gasteiger partial charge in [-0.1, -0.05) is 6.92 Å². The van der Waals surface area contributed by atoms with Crippen LogP contribution in [0.15, 0.2) is 18.3 Å². The van der Waals surface area contributed by atoms with Gasteiger partial charge in [-0.05, 0) is 50.8 Å². The molecule has 1 aromatic heterocycles. The highest BCUT2D eigenvalue weighted by Crippen LogP contribution is 2.23. The summed E-state index contributed by atoms with van der Waals surface area (Å²) in [7, 11) is 0. The number of nitrogens with two attached hydrogens (primary N) is 1. The standard InChI is InChI=1S/C15H24FN3/c1-11-5-7-19(12(2)9-11)8-6-14(17)15-4-3-13(16)10-18-15/h3-4,10-12,14H,5-9,17H2,1-2H3. The molecular weight excluding hydrogens is 241 g/mol. The largest absolute Gasteiger partial charge is 0.323 e. The van der Waals surface area contributed by atoms with E-state index in [1.54, 1.807) is 6.07 Å². The SMILES string of the molecule is CC1CCN(CCC(N)c2ccc(F)cn2)C(C)C1. The molecule has 106 valence electrons. The third-order valence-corrected chi connectivity index (χ3v) is 4.13. The lowest BCUT2D eigenvalue weighted by Crippen LogP contribution is -2.41. The van der Waals surface area contributed by atoms with Crippen molar-refractivity contribution in [1.82, 2.24) is 9.88 Å². The number of halogens is 1. The Labute approximate surface area is 115 Å². The molecule has 0 spiro atoms. The molecule has 2 rings (SSSR count). The summed E-state index contributed by atoms with van der Waals surface area (Å²) in [6, 6.07) is 3.64. The van der Waals surface area contributed by atoms with Crippen LogP contribution in [0, 0.1) is 11.7 Å². The van der Waals surface area contributed by atoms with Crippen LogP contribution in [-0.4, -0.2) is 29.0 Å². The number of piperidine rings is 1. The molecule has 1 aromatic rings. The Balaban J connectivity index is 1.83. The van der Waals surface area contributed by atoms with Gasteiger partial charge >= 0.3 is 0 Å². The Morgan fingerprint density at radius 2 is 2.26 bits per heavy atom. The minimum atomic E-state index is -0.311. The fraction of sp³-hybridized carbons (Fsp3) is 0.667. The van der Waals surface area contributed by atoms with E-state index in [1.165, 1.54) is 25.1 Å². The average molecular weight is 265 g/mol. The van der Waals surface area contributed by atoms with E-state index >= 15 is 0 Å². The summed E-state index contributed by atoms with van der Waals surface area (Å²) >= 11 is 0. The van der Waals surface area contributed by atoms with Gasteiger partial charge in [-0.2, -0.15) is 0 Å². The summed E-state index contributed by atoms with van der Waals surface area (Å²) in [5.74, 6) is 0.522. The molecule has 1 saturated heterocycles. The first-order valence-electron chi connectivity index (χ1n) is 7.17. The molecule has 0 amide bonds. The van der Waals surface area contributed by atoms with Crippen LogP contribution >= 0.6 is 0 Å². The highest BCUT2D eigenvalue weighted by Gasteiger charge is 2.23. The highest BCUT2D eigenvalue weighted by molar-refractivity contribution is 5.09. The van der Waals surface area contributed by atoms with E-state index in [0.717, 1.165) is 31.1 Å². The summed E-state index contributed by atoms with van der Waals surface area (Å²) < 4.78 is 12.8. The fourth-order valence-electron chi connectivity index (χ4n) is 2.85. The van der Waals surface area contributed by atoms with Crippen LogP contribution < -0.4 is 5.73 Å². The second-order valence-electron chi connectivity index (χ2n) is 5.81. The van der Waals surface area contributed by atoms with Gasteiger partial charge in [0.15, 0.2) is 0 Å². The Bertz CT molecular complexity index is 393. The van der Waals surface area contributed by atoms with Crippen molar-refractivity contribution in [2.45, 2.75) is 45.2 Å². The second-order valence-corrected chi connectivity index (χ2v) is 5.81. The number of likely N-dealkylation sites (tertiary alicyclic amines) is 1. The smallest absolute Gasteiger partial charge is 0.141 e. The van der Waals surface area contributed by atoms with Gasteiger partial charge in [-0.15, -0.1) is 0 Å². The first kappa shape index (κ1) is 14.4. The molecule has 0 bridgehead atoms. The molecule has 0 saturated carbocycles. The normalized spacial score (nSPS) is 26.3. The molecule has 2 heterocycles. The zero-order valence-electron chi connectivity index (χ0n) is 11.8. The van der Waals surface area contributed by atoms with Gasteiger partial charge in [-0.3, -0.25) is 4.98 Å². The lowest BCUT2D eigenvalue weighted by atomic mass is 9.93. The van der Waals surface area contributed by atoms with Gasteiger partial charge < -0.3 is 10.6 Å². The number of hydrogen-bond acceptors (Lipinski definition) is 3. The zero-order chi connectivity index (χ0) is 13.8. The second kappa shape index (κ2) is 6.44. The van der Waals surface area contributed by atoms with Gasteiger partial charge in [0.25, 0.3) is 0 Å².